The number of rotatable bonds is 5. The maximum absolute atomic E-state index is 11.9. The minimum Gasteiger partial charge on any atom is -0.480 e. The predicted octanol–water partition coefficient (Wildman–Crippen LogP) is 0.968. The Kier molecular flexibility index (Phi) is 4.26. The number of aromatic nitrogens is 2. The Morgan fingerprint density at radius 1 is 1.45 bits per heavy atom. The van der Waals surface area contributed by atoms with Crippen molar-refractivity contribution < 1.29 is 14.7 Å². The molecule has 0 bridgehead atoms. The molecule has 2 amide bonds. The molecular formula is C13H20N4O3. The standard InChI is InChI=1S/C13H20N4O3/c1-10(8-17-7-6-14-9-17)15-12(20)16-13(11(18)19)4-2-3-5-13/h6-7,9-10H,2-5,8H2,1H3,(H,18,19)(H2,15,16,20). The first kappa shape index (κ1) is 14.4. The van der Waals surface area contributed by atoms with E-state index in [-0.39, 0.29) is 6.04 Å². The number of amides is 2. The number of nitrogens with zero attached hydrogens (tertiary/aromatic N) is 2. The van der Waals surface area contributed by atoms with E-state index in [2.05, 4.69) is 15.6 Å². The maximum Gasteiger partial charge on any atom is 0.329 e. The number of carboxylic acids is 1. The van der Waals surface area contributed by atoms with Crippen molar-refractivity contribution >= 4 is 12.0 Å². The van der Waals surface area contributed by atoms with Crippen LogP contribution >= 0.6 is 0 Å². The van der Waals surface area contributed by atoms with Crippen molar-refractivity contribution in [3.63, 3.8) is 0 Å². The molecule has 1 aromatic heterocycles. The number of carboxylic acid groups (broad SMARTS) is 1. The average Bonchev–Trinajstić information content (AvgIpc) is 3.00. The van der Waals surface area contributed by atoms with Crippen molar-refractivity contribution in [3.05, 3.63) is 18.7 Å². The van der Waals surface area contributed by atoms with E-state index in [1.54, 1.807) is 12.5 Å². The number of aliphatic carboxylic acids is 1. The van der Waals surface area contributed by atoms with Crippen LogP contribution in [0.2, 0.25) is 0 Å². The van der Waals surface area contributed by atoms with Crippen LogP contribution in [-0.2, 0) is 11.3 Å². The first-order valence-electron chi connectivity index (χ1n) is 6.80. The van der Waals surface area contributed by atoms with Gasteiger partial charge < -0.3 is 20.3 Å². The van der Waals surface area contributed by atoms with Gasteiger partial charge in [-0.1, -0.05) is 12.8 Å². The number of hydrogen-bond acceptors (Lipinski definition) is 3. The zero-order valence-corrected chi connectivity index (χ0v) is 11.5. The third-order valence-electron chi connectivity index (χ3n) is 3.64. The van der Waals surface area contributed by atoms with Crippen LogP contribution in [0.4, 0.5) is 4.79 Å². The summed E-state index contributed by atoms with van der Waals surface area (Å²) >= 11 is 0. The lowest BCUT2D eigenvalue weighted by Crippen LogP contribution is -2.56. The Morgan fingerprint density at radius 3 is 2.70 bits per heavy atom. The zero-order valence-electron chi connectivity index (χ0n) is 11.5. The lowest BCUT2D eigenvalue weighted by Gasteiger charge is -2.26. The van der Waals surface area contributed by atoms with E-state index in [0.29, 0.717) is 19.4 Å². The number of nitrogens with one attached hydrogen (secondary N) is 2. The fourth-order valence-electron chi connectivity index (χ4n) is 2.60. The van der Waals surface area contributed by atoms with E-state index in [1.807, 2.05) is 17.7 Å². The van der Waals surface area contributed by atoms with E-state index in [9.17, 15) is 14.7 Å². The van der Waals surface area contributed by atoms with Gasteiger partial charge in [0.25, 0.3) is 0 Å². The molecule has 2 rings (SSSR count). The van der Waals surface area contributed by atoms with Crippen molar-refractivity contribution in [1.82, 2.24) is 20.2 Å². The van der Waals surface area contributed by atoms with Crippen molar-refractivity contribution in [1.29, 1.82) is 0 Å². The quantitative estimate of drug-likeness (QED) is 0.748. The summed E-state index contributed by atoms with van der Waals surface area (Å²) in [4.78, 5) is 27.2. The molecule has 20 heavy (non-hydrogen) atoms. The Bertz CT molecular complexity index is 466. The summed E-state index contributed by atoms with van der Waals surface area (Å²) in [6.45, 7) is 2.45. The monoisotopic (exact) mass is 280 g/mol. The van der Waals surface area contributed by atoms with Crippen molar-refractivity contribution in [2.24, 2.45) is 0 Å². The van der Waals surface area contributed by atoms with Gasteiger partial charge in [-0.3, -0.25) is 0 Å². The maximum atomic E-state index is 11.9. The predicted molar refractivity (Wildman–Crippen MR) is 72.2 cm³/mol. The highest BCUT2D eigenvalue weighted by Crippen LogP contribution is 2.29. The van der Waals surface area contributed by atoms with Gasteiger partial charge >= 0.3 is 12.0 Å². The van der Waals surface area contributed by atoms with Crippen LogP contribution in [0.1, 0.15) is 32.6 Å². The molecule has 0 saturated heterocycles. The lowest BCUT2D eigenvalue weighted by atomic mass is 9.98. The van der Waals surface area contributed by atoms with Crippen LogP contribution in [0.5, 0.6) is 0 Å². The summed E-state index contributed by atoms with van der Waals surface area (Å²) in [5.74, 6) is -0.951. The van der Waals surface area contributed by atoms with E-state index in [0.717, 1.165) is 12.8 Å². The molecule has 1 heterocycles. The van der Waals surface area contributed by atoms with Crippen LogP contribution in [-0.4, -0.2) is 38.2 Å². The second-order valence-corrected chi connectivity index (χ2v) is 5.35. The number of urea groups is 1. The second-order valence-electron chi connectivity index (χ2n) is 5.35. The van der Waals surface area contributed by atoms with Crippen molar-refractivity contribution in [2.75, 3.05) is 0 Å². The van der Waals surface area contributed by atoms with E-state index < -0.39 is 17.5 Å². The van der Waals surface area contributed by atoms with E-state index >= 15 is 0 Å². The van der Waals surface area contributed by atoms with Gasteiger partial charge in [0.1, 0.15) is 5.54 Å². The average molecular weight is 280 g/mol. The third kappa shape index (κ3) is 3.28. The smallest absolute Gasteiger partial charge is 0.329 e. The van der Waals surface area contributed by atoms with Crippen molar-refractivity contribution in [3.8, 4) is 0 Å². The molecule has 0 spiro atoms. The number of imidazole rings is 1. The van der Waals surface area contributed by atoms with Crippen LogP contribution in [0.3, 0.4) is 0 Å². The third-order valence-corrected chi connectivity index (χ3v) is 3.64. The summed E-state index contributed by atoms with van der Waals surface area (Å²) in [5, 5.41) is 14.7. The summed E-state index contributed by atoms with van der Waals surface area (Å²) in [5.41, 5.74) is -1.10. The van der Waals surface area contributed by atoms with Crippen molar-refractivity contribution in [2.45, 2.75) is 50.7 Å². The van der Waals surface area contributed by atoms with Crippen LogP contribution in [0.25, 0.3) is 0 Å². The van der Waals surface area contributed by atoms with Crippen LogP contribution in [0, 0.1) is 0 Å². The Balaban J connectivity index is 1.86. The minimum absolute atomic E-state index is 0.114. The van der Waals surface area contributed by atoms with Gasteiger partial charge in [0, 0.05) is 25.0 Å². The molecule has 1 unspecified atom stereocenters. The molecule has 110 valence electrons. The number of carbonyl (C=O) groups excluding carboxylic acids is 1. The summed E-state index contributed by atoms with van der Waals surface area (Å²) in [6, 6.07) is -0.543. The SMILES string of the molecule is CC(Cn1ccnc1)NC(=O)NC1(C(=O)O)CCCC1. The fraction of sp³-hybridized carbons (Fsp3) is 0.615. The molecule has 7 heteroatoms. The Hall–Kier alpha value is -2.05. The molecule has 0 aliphatic heterocycles. The highest BCUT2D eigenvalue weighted by atomic mass is 16.4. The molecular weight excluding hydrogens is 260 g/mol. The molecule has 7 nitrogen and oxygen atoms in total. The Labute approximate surface area is 117 Å². The van der Waals surface area contributed by atoms with Gasteiger partial charge in [0.15, 0.2) is 0 Å². The highest BCUT2D eigenvalue weighted by molar-refractivity contribution is 5.86. The van der Waals surface area contributed by atoms with E-state index in [4.69, 9.17) is 0 Å². The molecule has 1 aliphatic rings. The number of hydrogen-bond donors (Lipinski definition) is 3. The molecule has 1 aromatic rings. The van der Waals surface area contributed by atoms with Gasteiger partial charge in [-0.05, 0) is 19.8 Å². The molecule has 0 aromatic carbocycles. The molecule has 3 N–H and O–H groups in total. The van der Waals surface area contributed by atoms with Gasteiger partial charge in [-0.2, -0.15) is 0 Å². The molecule has 1 fully saturated rings. The minimum atomic E-state index is -1.10. The summed E-state index contributed by atoms with van der Waals surface area (Å²) in [6.07, 6.45) is 7.80. The van der Waals surface area contributed by atoms with Crippen LogP contribution in [0.15, 0.2) is 18.7 Å². The first-order chi connectivity index (χ1) is 9.52. The molecule has 1 aliphatic carbocycles. The topological polar surface area (TPSA) is 96.3 Å². The highest BCUT2D eigenvalue weighted by Gasteiger charge is 2.42. The molecule has 1 atom stereocenters. The summed E-state index contributed by atoms with van der Waals surface area (Å²) < 4.78 is 1.85. The van der Waals surface area contributed by atoms with Crippen LogP contribution < -0.4 is 10.6 Å². The molecule has 1 saturated carbocycles. The van der Waals surface area contributed by atoms with Gasteiger partial charge in [0.2, 0.25) is 0 Å². The lowest BCUT2D eigenvalue weighted by molar-refractivity contribution is -0.144. The fourth-order valence-corrected chi connectivity index (χ4v) is 2.60. The summed E-state index contributed by atoms with van der Waals surface area (Å²) in [7, 11) is 0. The van der Waals surface area contributed by atoms with E-state index in [1.165, 1.54) is 0 Å². The largest absolute Gasteiger partial charge is 0.480 e. The molecule has 0 radical (unpaired) electrons. The second kappa shape index (κ2) is 5.94. The zero-order chi connectivity index (χ0) is 14.6. The normalized spacial score (nSPS) is 18.4. The Morgan fingerprint density at radius 2 is 2.15 bits per heavy atom. The first-order valence-corrected chi connectivity index (χ1v) is 6.80. The van der Waals surface area contributed by atoms with Gasteiger partial charge in [-0.25, -0.2) is 14.6 Å². The van der Waals surface area contributed by atoms with Gasteiger partial charge in [0.05, 0.1) is 6.33 Å². The number of carbonyl (C=O) groups is 2. The van der Waals surface area contributed by atoms with Gasteiger partial charge in [-0.15, -0.1) is 0 Å².